The Balaban J connectivity index is 1.68. The van der Waals surface area contributed by atoms with Gasteiger partial charge in [-0.05, 0) is 64.3 Å². The van der Waals surface area contributed by atoms with Crippen molar-refractivity contribution in [3.63, 3.8) is 0 Å². The number of carbonyl (C=O) groups is 1. The summed E-state index contributed by atoms with van der Waals surface area (Å²) in [5.74, 6) is 1.65. The van der Waals surface area contributed by atoms with Crippen LogP contribution in [0.3, 0.4) is 0 Å². The Labute approximate surface area is 133 Å². The predicted octanol–water partition coefficient (Wildman–Crippen LogP) is 2.74. The van der Waals surface area contributed by atoms with Crippen molar-refractivity contribution in [3.8, 4) is 5.75 Å². The van der Waals surface area contributed by atoms with Crippen LogP contribution in [0.5, 0.6) is 5.75 Å². The van der Waals surface area contributed by atoms with Gasteiger partial charge in [0.2, 0.25) is 5.91 Å². The Kier molecular flexibility index (Phi) is 6.25. The third-order valence-corrected chi connectivity index (χ3v) is 4.09. The van der Waals surface area contributed by atoms with Crippen molar-refractivity contribution in [3.05, 3.63) is 30.3 Å². The number of ether oxygens (including phenoxy) is 1. The fraction of sp³-hybridized carbons (Fsp3) is 0.611. The predicted molar refractivity (Wildman–Crippen MR) is 89.0 cm³/mol. The molecule has 1 saturated heterocycles. The summed E-state index contributed by atoms with van der Waals surface area (Å²) in [4.78, 5) is 12.0. The van der Waals surface area contributed by atoms with Gasteiger partial charge >= 0.3 is 0 Å². The van der Waals surface area contributed by atoms with E-state index in [1.165, 1.54) is 12.8 Å². The van der Waals surface area contributed by atoms with Crippen molar-refractivity contribution >= 4 is 5.91 Å². The van der Waals surface area contributed by atoms with Gasteiger partial charge in [0.25, 0.3) is 0 Å². The van der Waals surface area contributed by atoms with Crippen LogP contribution >= 0.6 is 0 Å². The van der Waals surface area contributed by atoms with Crippen LogP contribution in [0.15, 0.2) is 30.3 Å². The summed E-state index contributed by atoms with van der Waals surface area (Å²) in [6.45, 7) is 6.68. The molecule has 0 saturated carbocycles. The van der Waals surface area contributed by atoms with Crippen LogP contribution in [0, 0.1) is 5.92 Å². The normalized spacial score (nSPS) is 16.3. The molecule has 0 aromatic heterocycles. The first-order valence-corrected chi connectivity index (χ1v) is 8.27. The first kappa shape index (κ1) is 16.8. The summed E-state index contributed by atoms with van der Waals surface area (Å²) in [6.07, 6.45) is 3.99. The molecule has 1 aromatic rings. The molecule has 1 aromatic carbocycles. The van der Waals surface area contributed by atoms with Crippen molar-refractivity contribution in [2.24, 2.45) is 5.92 Å². The van der Waals surface area contributed by atoms with Crippen LogP contribution in [0.2, 0.25) is 0 Å². The van der Waals surface area contributed by atoms with E-state index >= 15 is 0 Å². The monoisotopic (exact) mass is 304 g/mol. The van der Waals surface area contributed by atoms with E-state index in [0.717, 1.165) is 25.3 Å². The van der Waals surface area contributed by atoms with Crippen LogP contribution in [-0.4, -0.2) is 31.1 Å². The Hall–Kier alpha value is -1.55. The van der Waals surface area contributed by atoms with E-state index in [0.29, 0.717) is 18.9 Å². The maximum absolute atomic E-state index is 12.0. The van der Waals surface area contributed by atoms with E-state index < -0.39 is 5.60 Å². The van der Waals surface area contributed by atoms with Gasteiger partial charge < -0.3 is 15.4 Å². The maximum Gasteiger partial charge on any atom is 0.220 e. The molecule has 22 heavy (non-hydrogen) atoms. The summed E-state index contributed by atoms with van der Waals surface area (Å²) >= 11 is 0. The molecule has 2 rings (SSSR count). The fourth-order valence-electron chi connectivity index (χ4n) is 2.75. The van der Waals surface area contributed by atoms with Crippen LogP contribution in [0.4, 0.5) is 0 Å². The Bertz CT molecular complexity index is 453. The van der Waals surface area contributed by atoms with Crippen molar-refractivity contribution in [2.75, 3.05) is 19.6 Å². The van der Waals surface area contributed by atoms with Crippen LogP contribution in [-0.2, 0) is 4.79 Å². The zero-order valence-corrected chi connectivity index (χ0v) is 13.7. The first-order valence-electron chi connectivity index (χ1n) is 8.27. The van der Waals surface area contributed by atoms with Crippen molar-refractivity contribution < 1.29 is 9.53 Å². The van der Waals surface area contributed by atoms with Gasteiger partial charge in [0.1, 0.15) is 11.4 Å². The van der Waals surface area contributed by atoms with E-state index in [-0.39, 0.29) is 5.91 Å². The molecule has 0 spiro atoms. The lowest BCUT2D eigenvalue weighted by atomic mass is 9.93. The number of piperidine rings is 1. The Morgan fingerprint density at radius 1 is 1.27 bits per heavy atom. The standard InChI is InChI=1S/C18H28N2O2/c1-18(2,22-16-6-4-3-5-7-16)14-20-17(21)9-8-15-10-12-19-13-11-15/h3-7,15,19H,8-14H2,1-2H3,(H,20,21). The molecular weight excluding hydrogens is 276 g/mol. The summed E-state index contributed by atoms with van der Waals surface area (Å²) < 4.78 is 5.92. The quantitative estimate of drug-likeness (QED) is 0.814. The third-order valence-electron chi connectivity index (χ3n) is 4.09. The lowest BCUT2D eigenvalue weighted by molar-refractivity contribution is -0.122. The van der Waals surface area contributed by atoms with Crippen molar-refractivity contribution in [1.82, 2.24) is 10.6 Å². The molecule has 0 radical (unpaired) electrons. The Morgan fingerprint density at radius 2 is 1.95 bits per heavy atom. The van der Waals surface area contributed by atoms with Crippen LogP contribution in [0.1, 0.15) is 39.5 Å². The minimum atomic E-state index is -0.411. The first-order chi connectivity index (χ1) is 10.6. The van der Waals surface area contributed by atoms with Crippen molar-refractivity contribution in [1.29, 1.82) is 0 Å². The second-order valence-corrected chi connectivity index (χ2v) is 6.68. The molecule has 0 aliphatic carbocycles. The summed E-state index contributed by atoms with van der Waals surface area (Å²) in [6, 6.07) is 9.72. The molecule has 1 heterocycles. The maximum atomic E-state index is 12.0. The molecule has 1 fully saturated rings. The molecule has 4 heteroatoms. The van der Waals surface area contributed by atoms with Gasteiger partial charge in [0.15, 0.2) is 0 Å². The average molecular weight is 304 g/mol. The topological polar surface area (TPSA) is 50.4 Å². The second kappa shape index (κ2) is 8.18. The van der Waals surface area contributed by atoms with Gasteiger partial charge in [0.05, 0.1) is 6.54 Å². The lowest BCUT2D eigenvalue weighted by Crippen LogP contribution is -2.42. The number of rotatable bonds is 7. The number of carbonyl (C=O) groups excluding carboxylic acids is 1. The number of hydrogen-bond donors (Lipinski definition) is 2. The fourth-order valence-corrected chi connectivity index (χ4v) is 2.75. The molecule has 0 unspecified atom stereocenters. The molecule has 4 nitrogen and oxygen atoms in total. The largest absolute Gasteiger partial charge is 0.486 e. The highest BCUT2D eigenvalue weighted by atomic mass is 16.5. The minimum Gasteiger partial charge on any atom is -0.486 e. The zero-order chi connectivity index (χ0) is 15.8. The second-order valence-electron chi connectivity index (χ2n) is 6.68. The van der Waals surface area contributed by atoms with E-state index in [1.54, 1.807) is 0 Å². The third kappa shape index (κ3) is 6.06. The summed E-state index contributed by atoms with van der Waals surface area (Å²) in [5.41, 5.74) is -0.411. The van der Waals surface area contributed by atoms with Crippen LogP contribution < -0.4 is 15.4 Å². The molecule has 0 bridgehead atoms. The van der Waals surface area contributed by atoms with Gasteiger partial charge in [-0.1, -0.05) is 18.2 Å². The molecule has 2 N–H and O–H groups in total. The highest BCUT2D eigenvalue weighted by Gasteiger charge is 2.21. The van der Waals surface area contributed by atoms with Crippen molar-refractivity contribution in [2.45, 2.75) is 45.1 Å². The molecule has 1 aliphatic heterocycles. The van der Waals surface area contributed by atoms with E-state index in [2.05, 4.69) is 10.6 Å². The number of amides is 1. The number of benzene rings is 1. The van der Waals surface area contributed by atoms with E-state index in [4.69, 9.17) is 4.74 Å². The number of para-hydroxylation sites is 1. The molecule has 0 atom stereocenters. The van der Waals surface area contributed by atoms with E-state index in [9.17, 15) is 4.79 Å². The molecule has 1 aliphatic rings. The molecule has 1 amide bonds. The minimum absolute atomic E-state index is 0.128. The SMILES string of the molecule is CC(C)(CNC(=O)CCC1CCNCC1)Oc1ccccc1. The van der Waals surface area contributed by atoms with Gasteiger partial charge in [0, 0.05) is 6.42 Å². The lowest BCUT2D eigenvalue weighted by Gasteiger charge is -2.27. The summed E-state index contributed by atoms with van der Waals surface area (Å²) in [7, 11) is 0. The summed E-state index contributed by atoms with van der Waals surface area (Å²) in [5, 5.41) is 6.36. The molecule has 122 valence electrons. The molecular formula is C18H28N2O2. The van der Waals surface area contributed by atoms with E-state index in [1.807, 2.05) is 44.2 Å². The zero-order valence-electron chi connectivity index (χ0n) is 13.7. The number of hydrogen-bond acceptors (Lipinski definition) is 3. The average Bonchev–Trinajstić information content (AvgIpc) is 2.53. The van der Waals surface area contributed by atoms with Crippen LogP contribution in [0.25, 0.3) is 0 Å². The highest BCUT2D eigenvalue weighted by Crippen LogP contribution is 2.19. The number of nitrogens with one attached hydrogen (secondary N) is 2. The van der Waals surface area contributed by atoms with Gasteiger partial charge in [-0.15, -0.1) is 0 Å². The van der Waals surface area contributed by atoms with Gasteiger partial charge in [-0.25, -0.2) is 0 Å². The smallest absolute Gasteiger partial charge is 0.220 e. The Morgan fingerprint density at radius 3 is 2.64 bits per heavy atom. The highest BCUT2D eigenvalue weighted by molar-refractivity contribution is 5.75. The van der Waals surface area contributed by atoms with Gasteiger partial charge in [-0.2, -0.15) is 0 Å². The van der Waals surface area contributed by atoms with Gasteiger partial charge in [-0.3, -0.25) is 4.79 Å².